The van der Waals surface area contributed by atoms with Crippen LogP contribution >= 0.6 is 0 Å². The van der Waals surface area contributed by atoms with Crippen molar-refractivity contribution >= 4 is 28.8 Å². The van der Waals surface area contributed by atoms with Gasteiger partial charge >= 0.3 is 0 Å². The minimum absolute atomic E-state index is 0.0442. The van der Waals surface area contributed by atoms with Crippen LogP contribution in [-0.4, -0.2) is 82.5 Å². The van der Waals surface area contributed by atoms with Crippen LogP contribution in [0.25, 0.3) is 5.76 Å². The number of phenols is 1. The van der Waals surface area contributed by atoms with E-state index in [1.54, 1.807) is 34.3 Å². The lowest BCUT2D eigenvalue weighted by molar-refractivity contribution is -0.165. The highest BCUT2D eigenvalue weighted by atomic mass is 16.3. The van der Waals surface area contributed by atoms with Gasteiger partial charge in [-0.25, -0.2) is 0 Å². The number of hydrogen-bond acceptors (Lipinski definition) is 10. The van der Waals surface area contributed by atoms with Crippen molar-refractivity contribution in [1.82, 2.24) is 4.90 Å². The van der Waals surface area contributed by atoms with Gasteiger partial charge in [0.1, 0.15) is 17.1 Å². The second-order valence-corrected chi connectivity index (χ2v) is 9.31. The predicted molar refractivity (Wildman–Crippen MR) is 119 cm³/mol. The normalized spacial score (nSPS) is 30.7. The van der Waals surface area contributed by atoms with Crippen molar-refractivity contribution in [2.45, 2.75) is 24.5 Å². The zero-order chi connectivity index (χ0) is 24.6. The molecule has 0 radical (unpaired) electrons. The second kappa shape index (κ2) is 7.32. The molecule has 0 saturated heterocycles. The second-order valence-electron chi connectivity index (χ2n) is 9.31. The third-order valence-corrected chi connectivity index (χ3v) is 7.05. The number of fused-ring (bicyclic) bond motifs is 3. The maximum atomic E-state index is 13.7. The number of hydrogen-bond donors (Lipinski definition) is 5. The summed E-state index contributed by atoms with van der Waals surface area (Å²) >= 11 is 0. The number of aliphatic hydroxyl groups is 3. The van der Waals surface area contributed by atoms with Gasteiger partial charge < -0.3 is 31.1 Å². The number of benzene rings is 1. The van der Waals surface area contributed by atoms with E-state index in [1.807, 2.05) is 4.90 Å². The Hall–Kier alpha value is -3.37. The van der Waals surface area contributed by atoms with Gasteiger partial charge in [-0.05, 0) is 50.6 Å². The van der Waals surface area contributed by atoms with Gasteiger partial charge in [0.05, 0.1) is 11.6 Å². The number of carbonyl (C=O) groups excluding carboxylic acids is 3. The fourth-order valence-corrected chi connectivity index (χ4v) is 5.63. The smallest absolute Gasteiger partial charge is 0.211 e. The Morgan fingerprint density at radius 2 is 1.73 bits per heavy atom. The van der Waals surface area contributed by atoms with Crippen molar-refractivity contribution in [3.05, 3.63) is 40.3 Å². The van der Waals surface area contributed by atoms with Crippen LogP contribution in [0.5, 0.6) is 5.75 Å². The van der Waals surface area contributed by atoms with E-state index in [2.05, 4.69) is 0 Å². The highest BCUT2D eigenvalue weighted by molar-refractivity contribution is 6.35. The molecule has 1 aromatic rings. The lowest BCUT2D eigenvalue weighted by Crippen LogP contribution is -2.69. The number of carbonyl (C=O) groups is 3. The molecular weight excluding hydrogens is 430 g/mol. The lowest BCUT2D eigenvalue weighted by Gasteiger charge is -2.50. The Kier molecular flexibility index (Phi) is 5.06. The highest BCUT2D eigenvalue weighted by Gasteiger charge is 2.66. The fourth-order valence-electron chi connectivity index (χ4n) is 5.63. The number of phenolic OH excluding ortho intramolecular Hbond substituents is 1. The summed E-state index contributed by atoms with van der Waals surface area (Å²) < 4.78 is 0. The first kappa shape index (κ1) is 22.8. The first-order chi connectivity index (χ1) is 15.3. The molecule has 6 N–H and O–H groups in total. The summed E-state index contributed by atoms with van der Waals surface area (Å²) in [7, 11) is 6.74. The van der Waals surface area contributed by atoms with Crippen LogP contribution in [-0.2, 0) is 20.8 Å². The molecule has 176 valence electrons. The van der Waals surface area contributed by atoms with Gasteiger partial charge in [-0.1, -0.05) is 0 Å². The van der Waals surface area contributed by atoms with Crippen LogP contribution in [0.2, 0.25) is 0 Å². The van der Waals surface area contributed by atoms with Crippen LogP contribution in [0, 0.1) is 11.8 Å². The molecular formula is C23H27N3O7. The molecule has 10 heteroatoms. The van der Waals surface area contributed by atoms with Gasteiger partial charge in [-0.2, -0.15) is 0 Å². The lowest BCUT2D eigenvalue weighted by atomic mass is 9.56. The standard InChI is InChI=1S/C23H27N3O7/c1-25(2)12-5-6-13(27)15-10(12)7-9-8-11-17(26(3)4)19(29)16(22(24)32)21(31)23(11,33)20(30)14(9)18(15)28/h5-6,9,11,17,27-28,32-33H,7-8,24H2,1-4H3/t9-,11-,17+,23-/m1/s1. The number of ketones is 3. The van der Waals surface area contributed by atoms with E-state index in [9.17, 15) is 34.8 Å². The molecule has 0 aromatic heterocycles. The first-order valence-corrected chi connectivity index (χ1v) is 10.5. The maximum Gasteiger partial charge on any atom is 0.211 e. The van der Waals surface area contributed by atoms with Gasteiger partial charge in [-0.15, -0.1) is 0 Å². The summed E-state index contributed by atoms with van der Waals surface area (Å²) in [5.74, 6) is -6.64. The molecule has 0 amide bonds. The van der Waals surface area contributed by atoms with E-state index in [1.165, 1.54) is 11.0 Å². The average molecular weight is 457 g/mol. The van der Waals surface area contributed by atoms with E-state index in [0.29, 0.717) is 5.56 Å². The topological polar surface area (TPSA) is 165 Å². The predicted octanol–water partition coefficient (Wildman–Crippen LogP) is 0.0300. The molecule has 4 atom stereocenters. The molecule has 0 unspecified atom stereocenters. The van der Waals surface area contributed by atoms with E-state index >= 15 is 0 Å². The monoisotopic (exact) mass is 457 g/mol. The zero-order valence-electron chi connectivity index (χ0n) is 18.8. The molecule has 1 aromatic carbocycles. The number of Topliss-reactive ketones (excluding diaryl/α,β-unsaturated/α-hetero) is 3. The molecule has 3 aliphatic rings. The minimum Gasteiger partial charge on any atom is -0.507 e. The Morgan fingerprint density at radius 3 is 2.27 bits per heavy atom. The molecule has 0 spiro atoms. The average Bonchev–Trinajstić information content (AvgIpc) is 2.70. The number of aliphatic hydroxyl groups excluding tert-OH is 2. The molecule has 0 bridgehead atoms. The molecule has 33 heavy (non-hydrogen) atoms. The number of nitrogens with zero attached hydrogens (tertiary/aromatic N) is 2. The third kappa shape index (κ3) is 2.90. The van der Waals surface area contributed by atoms with Gasteiger partial charge in [0.25, 0.3) is 0 Å². The van der Waals surface area contributed by atoms with Crippen LogP contribution < -0.4 is 10.6 Å². The number of nitrogens with two attached hydrogens (primary N) is 1. The SMILES string of the molecule is CN(C)c1ccc(O)c2c1C[C@@H]1C[C@@H]3[C@H](N(C)C)C(=O)C(=C(N)O)C(=O)[C@]3(O)C(=O)C1=C2O. The van der Waals surface area contributed by atoms with E-state index in [-0.39, 0.29) is 29.7 Å². The molecule has 4 rings (SSSR count). The zero-order valence-corrected chi connectivity index (χ0v) is 18.8. The number of likely N-dealkylation sites (N-methyl/N-ethyl adjacent to an activating group) is 1. The fraction of sp³-hybridized carbons (Fsp3) is 0.435. The van der Waals surface area contributed by atoms with Crippen molar-refractivity contribution in [1.29, 1.82) is 0 Å². The van der Waals surface area contributed by atoms with Gasteiger partial charge in [-0.3, -0.25) is 19.3 Å². The van der Waals surface area contributed by atoms with Crippen LogP contribution in [0.15, 0.2) is 29.2 Å². The van der Waals surface area contributed by atoms with Gasteiger partial charge in [0, 0.05) is 31.3 Å². The Morgan fingerprint density at radius 1 is 1.09 bits per heavy atom. The number of anilines is 1. The quantitative estimate of drug-likeness (QED) is 0.177. The first-order valence-electron chi connectivity index (χ1n) is 10.5. The Bertz CT molecular complexity index is 1160. The Balaban J connectivity index is 1.97. The summed E-state index contributed by atoms with van der Waals surface area (Å²) in [5.41, 5.74) is 3.11. The van der Waals surface area contributed by atoms with Crippen molar-refractivity contribution in [3.8, 4) is 5.75 Å². The molecule has 2 saturated carbocycles. The van der Waals surface area contributed by atoms with Crippen molar-refractivity contribution < 1.29 is 34.8 Å². The minimum atomic E-state index is -2.70. The maximum absolute atomic E-state index is 13.7. The summed E-state index contributed by atoms with van der Waals surface area (Å²) in [4.78, 5) is 43.2. The van der Waals surface area contributed by atoms with Crippen molar-refractivity contribution in [3.63, 3.8) is 0 Å². The van der Waals surface area contributed by atoms with E-state index < -0.39 is 58.0 Å². The van der Waals surface area contributed by atoms with Gasteiger partial charge in [0.15, 0.2) is 17.3 Å². The molecule has 10 nitrogen and oxygen atoms in total. The third-order valence-electron chi connectivity index (χ3n) is 7.05. The van der Waals surface area contributed by atoms with Crippen molar-refractivity contribution in [2.24, 2.45) is 17.6 Å². The van der Waals surface area contributed by atoms with Crippen LogP contribution in [0.1, 0.15) is 17.5 Å². The largest absolute Gasteiger partial charge is 0.507 e. The van der Waals surface area contributed by atoms with Crippen LogP contribution in [0.3, 0.4) is 0 Å². The van der Waals surface area contributed by atoms with E-state index in [4.69, 9.17) is 5.73 Å². The summed E-state index contributed by atoms with van der Waals surface area (Å²) in [6.07, 6.45) is 0.296. The molecule has 2 fully saturated rings. The van der Waals surface area contributed by atoms with E-state index in [0.717, 1.165) is 5.69 Å². The molecule has 0 aliphatic heterocycles. The molecule has 0 heterocycles. The van der Waals surface area contributed by atoms with Gasteiger partial charge in [0.2, 0.25) is 11.6 Å². The number of aromatic hydroxyl groups is 1. The van der Waals surface area contributed by atoms with Crippen molar-refractivity contribution in [2.75, 3.05) is 33.1 Å². The number of rotatable bonds is 2. The summed E-state index contributed by atoms with van der Waals surface area (Å²) in [6.45, 7) is 0. The molecule has 3 aliphatic carbocycles. The summed E-state index contributed by atoms with van der Waals surface area (Å²) in [5, 5.41) is 42.9. The highest BCUT2D eigenvalue weighted by Crippen LogP contribution is 2.52. The summed E-state index contributed by atoms with van der Waals surface area (Å²) in [6, 6.07) is 2.00. The van der Waals surface area contributed by atoms with Crippen LogP contribution in [0.4, 0.5) is 5.69 Å². The Labute approximate surface area is 190 Å².